The van der Waals surface area contributed by atoms with Gasteiger partial charge in [-0.05, 0) is 29.9 Å². The number of anilines is 1. The Balaban J connectivity index is 2.01. The molecule has 1 aromatic heterocycles. The second-order valence-corrected chi connectivity index (χ2v) is 6.54. The zero-order valence-corrected chi connectivity index (χ0v) is 13.3. The quantitative estimate of drug-likeness (QED) is 0.696. The Kier molecular flexibility index (Phi) is 3.20. The van der Waals surface area contributed by atoms with Gasteiger partial charge in [0.05, 0.1) is 11.0 Å². The van der Waals surface area contributed by atoms with Crippen LogP contribution in [0.5, 0.6) is 0 Å². The number of rotatable bonds is 3. The summed E-state index contributed by atoms with van der Waals surface area (Å²) in [6, 6.07) is 8.34. The highest BCUT2D eigenvalue weighted by Gasteiger charge is 2.38. The summed E-state index contributed by atoms with van der Waals surface area (Å²) in [7, 11) is 1.73. The van der Waals surface area contributed by atoms with Crippen molar-refractivity contribution in [1.29, 1.82) is 0 Å². The van der Waals surface area contributed by atoms with Crippen molar-refractivity contribution >= 4 is 11.5 Å². The summed E-state index contributed by atoms with van der Waals surface area (Å²) < 4.78 is 1.56. The Morgan fingerprint density at radius 2 is 2.09 bits per heavy atom. The van der Waals surface area contributed by atoms with Crippen molar-refractivity contribution in [3.05, 3.63) is 51.2 Å². The van der Waals surface area contributed by atoms with Gasteiger partial charge in [0, 0.05) is 7.05 Å². The normalized spacial score (nSPS) is 19.0. The summed E-state index contributed by atoms with van der Waals surface area (Å²) >= 11 is 0. The number of nitrogens with one attached hydrogen (secondary N) is 1. The molecule has 0 saturated carbocycles. The molecule has 1 unspecified atom stereocenters. The molecule has 116 valence electrons. The van der Waals surface area contributed by atoms with E-state index in [2.05, 4.69) is 36.4 Å². The van der Waals surface area contributed by atoms with Crippen LogP contribution in [0.2, 0.25) is 0 Å². The molecule has 22 heavy (non-hydrogen) atoms. The average Bonchev–Trinajstić information content (AvgIpc) is 2.85. The van der Waals surface area contributed by atoms with Crippen molar-refractivity contribution < 1.29 is 4.92 Å². The molecule has 1 heterocycles. The highest BCUT2D eigenvalue weighted by atomic mass is 16.6. The number of hydrogen-bond acceptors (Lipinski definition) is 4. The zero-order chi connectivity index (χ0) is 16.1. The maximum absolute atomic E-state index is 11.3. The van der Waals surface area contributed by atoms with Gasteiger partial charge in [-0.25, -0.2) is 4.68 Å². The minimum absolute atomic E-state index is 0.0523. The van der Waals surface area contributed by atoms with E-state index in [1.54, 1.807) is 18.7 Å². The highest BCUT2D eigenvalue weighted by molar-refractivity contribution is 5.61. The van der Waals surface area contributed by atoms with Gasteiger partial charge in [-0.15, -0.1) is 0 Å². The van der Waals surface area contributed by atoms with Crippen molar-refractivity contribution in [2.45, 2.75) is 38.6 Å². The molecule has 1 aromatic carbocycles. The zero-order valence-electron chi connectivity index (χ0n) is 13.3. The van der Waals surface area contributed by atoms with Gasteiger partial charge in [0.15, 0.2) is 0 Å². The minimum atomic E-state index is -0.364. The van der Waals surface area contributed by atoms with E-state index in [1.165, 1.54) is 11.1 Å². The van der Waals surface area contributed by atoms with Gasteiger partial charge in [0.2, 0.25) is 5.82 Å². The minimum Gasteiger partial charge on any atom is -0.358 e. The first-order valence-corrected chi connectivity index (χ1v) is 7.35. The maximum Gasteiger partial charge on any atom is 0.333 e. The van der Waals surface area contributed by atoms with Crippen molar-refractivity contribution in [1.82, 2.24) is 9.78 Å². The molecule has 6 nitrogen and oxygen atoms in total. The van der Waals surface area contributed by atoms with E-state index < -0.39 is 0 Å². The van der Waals surface area contributed by atoms with E-state index in [4.69, 9.17) is 0 Å². The van der Waals surface area contributed by atoms with E-state index in [9.17, 15) is 10.1 Å². The lowest BCUT2D eigenvalue weighted by molar-refractivity contribution is -0.384. The van der Waals surface area contributed by atoms with Crippen LogP contribution in [0.15, 0.2) is 24.3 Å². The Morgan fingerprint density at radius 3 is 2.77 bits per heavy atom. The molecule has 0 bridgehead atoms. The Morgan fingerprint density at radius 1 is 1.41 bits per heavy atom. The smallest absolute Gasteiger partial charge is 0.333 e. The molecular weight excluding hydrogens is 280 g/mol. The van der Waals surface area contributed by atoms with Crippen LogP contribution in [-0.4, -0.2) is 14.7 Å². The van der Waals surface area contributed by atoms with Gasteiger partial charge in [-0.2, -0.15) is 5.10 Å². The summed E-state index contributed by atoms with van der Waals surface area (Å²) in [4.78, 5) is 11.0. The van der Waals surface area contributed by atoms with E-state index in [-0.39, 0.29) is 22.1 Å². The molecule has 1 N–H and O–H groups in total. The fraction of sp³-hybridized carbons (Fsp3) is 0.438. The molecule has 0 saturated heterocycles. The molecule has 0 amide bonds. The molecule has 0 radical (unpaired) electrons. The van der Waals surface area contributed by atoms with Crippen molar-refractivity contribution in [2.75, 3.05) is 5.32 Å². The van der Waals surface area contributed by atoms with E-state index >= 15 is 0 Å². The summed E-state index contributed by atoms with van der Waals surface area (Å²) in [5.41, 5.74) is 3.05. The van der Waals surface area contributed by atoms with Crippen LogP contribution in [0.4, 0.5) is 11.5 Å². The predicted octanol–water partition coefficient (Wildman–Crippen LogP) is 3.47. The summed E-state index contributed by atoms with van der Waals surface area (Å²) in [6.07, 6.45) is 0.897. The summed E-state index contributed by atoms with van der Waals surface area (Å²) in [5, 5.41) is 18.8. The lowest BCUT2D eigenvalue weighted by Gasteiger charge is -2.19. The third-order valence-electron chi connectivity index (χ3n) is 4.46. The monoisotopic (exact) mass is 300 g/mol. The molecule has 1 aliphatic carbocycles. The molecule has 0 aliphatic heterocycles. The molecule has 1 atom stereocenters. The Hall–Kier alpha value is -2.37. The van der Waals surface area contributed by atoms with Crippen LogP contribution >= 0.6 is 0 Å². The lowest BCUT2D eigenvalue weighted by Crippen LogP contribution is -2.16. The summed E-state index contributed by atoms with van der Waals surface area (Å²) in [6.45, 7) is 6.07. The number of nitro groups is 1. The first-order valence-electron chi connectivity index (χ1n) is 7.35. The standard InChI is InChI=1S/C16H20N4O2/c1-10-14(20(21)22)15(19(4)18-10)17-13-9-16(2,3)12-8-6-5-7-11(12)13/h5-8,13,17H,9H2,1-4H3. The molecule has 6 heteroatoms. The third kappa shape index (κ3) is 2.15. The first-order chi connectivity index (χ1) is 10.3. The van der Waals surface area contributed by atoms with Crippen LogP contribution in [0, 0.1) is 17.0 Å². The SMILES string of the molecule is Cc1nn(C)c(NC2CC(C)(C)c3ccccc32)c1[N+](=O)[O-]. The number of benzene rings is 1. The van der Waals surface area contributed by atoms with E-state index in [0.717, 1.165) is 6.42 Å². The van der Waals surface area contributed by atoms with E-state index in [1.807, 2.05) is 12.1 Å². The van der Waals surface area contributed by atoms with Crippen LogP contribution in [0.3, 0.4) is 0 Å². The van der Waals surface area contributed by atoms with Crippen LogP contribution in [0.1, 0.15) is 43.1 Å². The molecular formula is C16H20N4O2. The van der Waals surface area contributed by atoms with Crippen molar-refractivity contribution in [3.63, 3.8) is 0 Å². The lowest BCUT2D eigenvalue weighted by atomic mass is 9.86. The topological polar surface area (TPSA) is 73.0 Å². The molecule has 2 aromatic rings. The van der Waals surface area contributed by atoms with Gasteiger partial charge < -0.3 is 5.32 Å². The van der Waals surface area contributed by atoms with Gasteiger partial charge >= 0.3 is 5.69 Å². The fourth-order valence-corrected chi connectivity index (χ4v) is 3.47. The van der Waals surface area contributed by atoms with Gasteiger partial charge in [0.1, 0.15) is 5.69 Å². The molecule has 0 fully saturated rings. The number of fused-ring (bicyclic) bond motifs is 1. The molecule has 3 rings (SSSR count). The highest BCUT2D eigenvalue weighted by Crippen LogP contribution is 2.46. The molecule has 0 spiro atoms. The van der Waals surface area contributed by atoms with Crippen LogP contribution in [0.25, 0.3) is 0 Å². The van der Waals surface area contributed by atoms with Gasteiger partial charge in [-0.3, -0.25) is 10.1 Å². The van der Waals surface area contributed by atoms with Crippen molar-refractivity contribution in [3.8, 4) is 0 Å². The largest absolute Gasteiger partial charge is 0.358 e. The first kappa shape index (κ1) is 14.6. The predicted molar refractivity (Wildman–Crippen MR) is 85.0 cm³/mol. The number of nitrogens with zero attached hydrogens (tertiary/aromatic N) is 3. The average molecular weight is 300 g/mol. The van der Waals surface area contributed by atoms with Gasteiger partial charge in [0.25, 0.3) is 0 Å². The second-order valence-electron chi connectivity index (χ2n) is 6.54. The second kappa shape index (κ2) is 4.83. The van der Waals surface area contributed by atoms with Crippen LogP contribution < -0.4 is 5.32 Å². The van der Waals surface area contributed by atoms with Crippen molar-refractivity contribution in [2.24, 2.45) is 7.05 Å². The van der Waals surface area contributed by atoms with Gasteiger partial charge in [-0.1, -0.05) is 38.1 Å². The number of hydrogen-bond donors (Lipinski definition) is 1. The van der Waals surface area contributed by atoms with E-state index in [0.29, 0.717) is 11.5 Å². The Bertz CT molecular complexity index is 749. The summed E-state index contributed by atoms with van der Waals surface area (Å²) in [5.74, 6) is 0.472. The molecule has 1 aliphatic rings. The number of aryl methyl sites for hydroxylation is 2. The third-order valence-corrected chi connectivity index (χ3v) is 4.46. The maximum atomic E-state index is 11.3. The number of aromatic nitrogens is 2. The fourth-order valence-electron chi connectivity index (χ4n) is 3.47. The van der Waals surface area contributed by atoms with Crippen LogP contribution in [-0.2, 0) is 12.5 Å². The Labute approximate surface area is 129 Å².